The number of nitrogens with two attached hydrogens (primary N) is 1. The molecule has 0 aliphatic rings. The maximum atomic E-state index is 12.2. The Kier molecular flexibility index (Phi) is 5.86. The van der Waals surface area contributed by atoms with Crippen LogP contribution in [0.25, 0.3) is 0 Å². The molecule has 0 aromatic heterocycles. The van der Waals surface area contributed by atoms with Crippen molar-refractivity contribution in [2.24, 2.45) is 5.73 Å². The fourth-order valence-electron chi connectivity index (χ4n) is 2.03. The van der Waals surface area contributed by atoms with Crippen LogP contribution in [0.3, 0.4) is 0 Å². The first-order chi connectivity index (χ1) is 11.5. The summed E-state index contributed by atoms with van der Waals surface area (Å²) in [7, 11) is 0. The van der Waals surface area contributed by atoms with Crippen molar-refractivity contribution < 1.29 is 14.3 Å². The number of nitrogens with one attached hydrogen (secondary N) is 2. The van der Waals surface area contributed by atoms with Crippen LogP contribution in [-0.4, -0.2) is 23.5 Å². The molecule has 2 amide bonds. The Bertz CT molecular complexity index is 777. The molecule has 2 aromatic rings. The first kappa shape index (κ1) is 17.4. The summed E-state index contributed by atoms with van der Waals surface area (Å²) in [4.78, 5) is 23.6. The van der Waals surface area contributed by atoms with Gasteiger partial charge in [0.1, 0.15) is 5.75 Å². The number of carbonyl (C=O) groups is 2. The summed E-state index contributed by atoms with van der Waals surface area (Å²) in [6.07, 6.45) is 0. The predicted octanol–water partition coefficient (Wildman–Crippen LogP) is 2.31. The number of hydrogen-bond donors (Lipinski definition) is 3. The molecule has 0 unspecified atom stereocenters. The second kappa shape index (κ2) is 8.07. The summed E-state index contributed by atoms with van der Waals surface area (Å²) >= 11 is 5.12. The molecule has 4 N–H and O–H groups in total. The molecule has 0 saturated heterocycles. The molecule has 0 aliphatic carbocycles. The van der Waals surface area contributed by atoms with Gasteiger partial charge in [-0.3, -0.25) is 14.9 Å². The smallest absolute Gasteiger partial charge is 0.257 e. The molecule has 0 heterocycles. The zero-order valence-electron chi connectivity index (χ0n) is 13.0. The van der Waals surface area contributed by atoms with Gasteiger partial charge in [-0.05, 0) is 49.5 Å². The van der Waals surface area contributed by atoms with E-state index in [4.69, 9.17) is 22.7 Å². The lowest BCUT2D eigenvalue weighted by atomic mass is 10.1. The van der Waals surface area contributed by atoms with E-state index in [-0.39, 0.29) is 16.6 Å². The highest BCUT2D eigenvalue weighted by Crippen LogP contribution is 2.15. The third-order valence-electron chi connectivity index (χ3n) is 3.08. The van der Waals surface area contributed by atoms with Gasteiger partial charge in [0.05, 0.1) is 17.9 Å². The molecule has 0 fully saturated rings. The number of rotatable bonds is 5. The Morgan fingerprint density at radius 2 is 1.92 bits per heavy atom. The number of thiocarbonyl (C=S) groups is 1. The van der Waals surface area contributed by atoms with Crippen LogP contribution in [-0.2, 0) is 0 Å². The average Bonchev–Trinajstić information content (AvgIpc) is 2.55. The van der Waals surface area contributed by atoms with E-state index < -0.39 is 5.91 Å². The first-order valence-corrected chi connectivity index (χ1v) is 7.66. The van der Waals surface area contributed by atoms with Crippen molar-refractivity contribution in [1.29, 1.82) is 0 Å². The molecule has 0 aliphatic heterocycles. The largest absolute Gasteiger partial charge is 0.494 e. The SMILES string of the molecule is CCOc1cccc(C(=O)NC(=S)Nc2ccccc2C(N)=O)c1. The van der Waals surface area contributed by atoms with Crippen LogP contribution >= 0.6 is 12.2 Å². The molecule has 2 rings (SSSR count). The summed E-state index contributed by atoms with van der Waals surface area (Å²) in [5.74, 6) is -0.370. The Morgan fingerprint density at radius 3 is 2.62 bits per heavy atom. The van der Waals surface area contributed by atoms with Crippen LogP contribution in [0, 0.1) is 0 Å². The highest BCUT2D eigenvalue weighted by atomic mass is 32.1. The third-order valence-corrected chi connectivity index (χ3v) is 3.28. The number of primary amides is 1. The molecule has 0 atom stereocenters. The van der Waals surface area contributed by atoms with Gasteiger partial charge < -0.3 is 15.8 Å². The van der Waals surface area contributed by atoms with Crippen molar-refractivity contribution in [3.63, 3.8) is 0 Å². The number of carbonyl (C=O) groups excluding carboxylic acids is 2. The zero-order chi connectivity index (χ0) is 17.5. The van der Waals surface area contributed by atoms with Crippen molar-refractivity contribution in [3.8, 4) is 5.75 Å². The van der Waals surface area contributed by atoms with Gasteiger partial charge in [-0.25, -0.2) is 0 Å². The molecule has 0 radical (unpaired) electrons. The van der Waals surface area contributed by atoms with Crippen molar-refractivity contribution in [2.45, 2.75) is 6.92 Å². The molecular weight excluding hydrogens is 326 g/mol. The van der Waals surface area contributed by atoms with Gasteiger partial charge in [-0.2, -0.15) is 0 Å². The predicted molar refractivity (Wildman–Crippen MR) is 96.3 cm³/mol. The highest BCUT2D eigenvalue weighted by Gasteiger charge is 2.12. The minimum atomic E-state index is -0.586. The van der Waals surface area contributed by atoms with Gasteiger partial charge in [0.2, 0.25) is 0 Å². The number of amides is 2. The van der Waals surface area contributed by atoms with Crippen LogP contribution in [0.2, 0.25) is 0 Å². The molecule has 24 heavy (non-hydrogen) atoms. The summed E-state index contributed by atoms with van der Waals surface area (Å²) in [5.41, 5.74) is 6.43. The standard InChI is InChI=1S/C17H17N3O3S/c1-2-23-12-7-5-6-11(10-12)16(22)20-17(24)19-14-9-4-3-8-13(14)15(18)21/h3-10H,2H2,1H3,(H2,18,21)(H2,19,20,22,24). The molecular formula is C17H17N3O3S. The van der Waals surface area contributed by atoms with Gasteiger partial charge in [0.25, 0.3) is 11.8 Å². The zero-order valence-corrected chi connectivity index (χ0v) is 13.9. The fraction of sp³-hybridized carbons (Fsp3) is 0.118. The van der Waals surface area contributed by atoms with Crippen molar-refractivity contribution >= 4 is 34.8 Å². The van der Waals surface area contributed by atoms with E-state index in [1.807, 2.05) is 6.92 Å². The number of anilines is 1. The van der Waals surface area contributed by atoms with Gasteiger partial charge >= 0.3 is 0 Å². The Hall–Kier alpha value is -2.93. The van der Waals surface area contributed by atoms with Gasteiger partial charge in [-0.15, -0.1) is 0 Å². The van der Waals surface area contributed by atoms with Crippen LogP contribution in [0.5, 0.6) is 5.75 Å². The lowest BCUT2D eigenvalue weighted by Gasteiger charge is -2.12. The maximum absolute atomic E-state index is 12.2. The van der Waals surface area contributed by atoms with E-state index in [1.54, 1.807) is 48.5 Å². The van der Waals surface area contributed by atoms with Crippen LogP contribution in [0.1, 0.15) is 27.6 Å². The molecule has 124 valence electrons. The van der Waals surface area contributed by atoms with Crippen molar-refractivity contribution in [3.05, 3.63) is 59.7 Å². The van der Waals surface area contributed by atoms with Gasteiger partial charge in [0.15, 0.2) is 5.11 Å². The van der Waals surface area contributed by atoms with Gasteiger partial charge in [0, 0.05) is 5.56 Å². The average molecular weight is 343 g/mol. The summed E-state index contributed by atoms with van der Waals surface area (Å²) < 4.78 is 5.36. The van der Waals surface area contributed by atoms with E-state index in [0.717, 1.165) is 0 Å². The van der Waals surface area contributed by atoms with E-state index >= 15 is 0 Å². The van der Waals surface area contributed by atoms with E-state index in [9.17, 15) is 9.59 Å². The second-order valence-electron chi connectivity index (χ2n) is 4.78. The summed E-state index contributed by atoms with van der Waals surface area (Å²) in [6, 6.07) is 13.4. The number of hydrogen-bond acceptors (Lipinski definition) is 4. The lowest BCUT2D eigenvalue weighted by molar-refractivity contribution is 0.0975. The second-order valence-corrected chi connectivity index (χ2v) is 5.19. The monoisotopic (exact) mass is 343 g/mol. The van der Waals surface area contributed by atoms with E-state index in [1.165, 1.54) is 0 Å². The summed E-state index contributed by atoms with van der Waals surface area (Å²) in [5, 5.41) is 5.42. The number of ether oxygens (including phenoxy) is 1. The van der Waals surface area contributed by atoms with Crippen molar-refractivity contribution in [1.82, 2.24) is 5.32 Å². The van der Waals surface area contributed by atoms with Crippen LogP contribution in [0.15, 0.2) is 48.5 Å². The quantitative estimate of drug-likeness (QED) is 0.725. The molecule has 0 bridgehead atoms. The Balaban J connectivity index is 2.06. The van der Waals surface area contributed by atoms with E-state index in [2.05, 4.69) is 10.6 Å². The Morgan fingerprint density at radius 1 is 1.17 bits per heavy atom. The molecule has 2 aromatic carbocycles. The normalized spacial score (nSPS) is 9.88. The minimum absolute atomic E-state index is 0.0653. The van der Waals surface area contributed by atoms with E-state index in [0.29, 0.717) is 23.6 Å². The maximum Gasteiger partial charge on any atom is 0.257 e. The molecule has 0 spiro atoms. The number of benzene rings is 2. The first-order valence-electron chi connectivity index (χ1n) is 7.25. The molecule has 0 saturated carbocycles. The number of para-hydroxylation sites is 1. The summed E-state index contributed by atoms with van der Waals surface area (Å²) in [6.45, 7) is 2.37. The third kappa shape index (κ3) is 4.53. The fourth-order valence-corrected chi connectivity index (χ4v) is 2.23. The molecule has 7 heteroatoms. The lowest BCUT2D eigenvalue weighted by Crippen LogP contribution is -2.34. The van der Waals surface area contributed by atoms with Crippen LogP contribution in [0.4, 0.5) is 5.69 Å². The minimum Gasteiger partial charge on any atom is -0.494 e. The highest BCUT2D eigenvalue weighted by molar-refractivity contribution is 7.80. The topological polar surface area (TPSA) is 93.4 Å². The Labute approximate surface area is 145 Å². The van der Waals surface area contributed by atoms with Crippen LogP contribution < -0.4 is 21.1 Å². The van der Waals surface area contributed by atoms with Crippen molar-refractivity contribution in [2.75, 3.05) is 11.9 Å². The van der Waals surface area contributed by atoms with Gasteiger partial charge in [-0.1, -0.05) is 18.2 Å². The molecule has 6 nitrogen and oxygen atoms in total.